The van der Waals surface area contributed by atoms with E-state index in [1.165, 1.54) is 6.07 Å². The predicted octanol–water partition coefficient (Wildman–Crippen LogP) is 3.96. The van der Waals surface area contributed by atoms with Crippen molar-refractivity contribution in [2.75, 3.05) is 13.1 Å². The minimum absolute atomic E-state index is 0.0393. The molecule has 0 saturated carbocycles. The van der Waals surface area contributed by atoms with Crippen molar-refractivity contribution in [2.45, 2.75) is 32.4 Å². The van der Waals surface area contributed by atoms with Crippen LogP contribution in [0.5, 0.6) is 0 Å². The van der Waals surface area contributed by atoms with Gasteiger partial charge in [-0.3, -0.25) is 4.90 Å². The van der Waals surface area contributed by atoms with E-state index >= 15 is 0 Å². The van der Waals surface area contributed by atoms with Gasteiger partial charge >= 0.3 is 5.97 Å². The number of piperidine rings is 1. The number of likely N-dealkylation sites (tertiary alicyclic amines) is 1. The third-order valence-electron chi connectivity index (χ3n) is 4.39. The number of benzene rings is 2. The Labute approximate surface area is 142 Å². The highest BCUT2D eigenvalue weighted by Crippen LogP contribution is 2.18. The summed E-state index contributed by atoms with van der Waals surface area (Å²) < 4.78 is 18.8. The number of aryl methyl sites for hydroxylation is 1. The molecule has 0 amide bonds. The Bertz CT molecular complexity index is 691. The first kappa shape index (κ1) is 16.7. The molecule has 2 aromatic rings. The number of rotatable bonds is 4. The van der Waals surface area contributed by atoms with Crippen LogP contribution in [0.25, 0.3) is 0 Å². The molecule has 0 radical (unpaired) electrons. The Morgan fingerprint density at radius 3 is 2.54 bits per heavy atom. The molecule has 3 nitrogen and oxygen atoms in total. The van der Waals surface area contributed by atoms with Gasteiger partial charge in [-0.15, -0.1) is 0 Å². The molecule has 3 rings (SSSR count). The van der Waals surface area contributed by atoms with Crippen LogP contribution in [0.3, 0.4) is 0 Å². The average Bonchev–Trinajstić information content (AvgIpc) is 2.57. The molecule has 4 heteroatoms. The minimum Gasteiger partial charge on any atom is -0.459 e. The van der Waals surface area contributed by atoms with Crippen molar-refractivity contribution in [3.05, 3.63) is 71.0 Å². The summed E-state index contributed by atoms with van der Waals surface area (Å²) in [6.07, 6.45) is 1.59. The predicted molar refractivity (Wildman–Crippen MR) is 91.3 cm³/mol. The Hall–Kier alpha value is -2.20. The lowest BCUT2D eigenvalue weighted by Crippen LogP contribution is -2.37. The van der Waals surface area contributed by atoms with Crippen molar-refractivity contribution < 1.29 is 13.9 Å². The van der Waals surface area contributed by atoms with Gasteiger partial charge in [-0.05, 0) is 49.6 Å². The van der Waals surface area contributed by atoms with Gasteiger partial charge in [0, 0.05) is 19.6 Å². The largest absolute Gasteiger partial charge is 0.459 e. The van der Waals surface area contributed by atoms with Crippen LogP contribution >= 0.6 is 0 Å². The number of carbonyl (C=O) groups is 1. The fraction of sp³-hybridized carbons (Fsp3) is 0.350. The monoisotopic (exact) mass is 327 g/mol. The van der Waals surface area contributed by atoms with E-state index in [4.69, 9.17) is 4.74 Å². The van der Waals surface area contributed by atoms with Crippen molar-refractivity contribution in [3.63, 3.8) is 0 Å². The number of carbonyl (C=O) groups excluding carboxylic acids is 1. The molecule has 0 aliphatic carbocycles. The first-order valence-electron chi connectivity index (χ1n) is 8.34. The van der Waals surface area contributed by atoms with Gasteiger partial charge in [0.1, 0.15) is 11.9 Å². The summed E-state index contributed by atoms with van der Waals surface area (Å²) in [5, 5.41) is 0. The molecule has 0 bridgehead atoms. The molecule has 1 aliphatic heterocycles. The van der Waals surface area contributed by atoms with Gasteiger partial charge in [-0.25, -0.2) is 9.18 Å². The normalized spacial score (nSPS) is 16.1. The smallest absolute Gasteiger partial charge is 0.338 e. The van der Waals surface area contributed by atoms with Crippen LogP contribution in [0.2, 0.25) is 0 Å². The van der Waals surface area contributed by atoms with E-state index in [2.05, 4.69) is 4.90 Å². The second-order valence-electron chi connectivity index (χ2n) is 6.38. The first-order chi connectivity index (χ1) is 11.6. The zero-order valence-corrected chi connectivity index (χ0v) is 13.9. The zero-order chi connectivity index (χ0) is 16.9. The molecule has 0 atom stereocenters. The maximum Gasteiger partial charge on any atom is 0.338 e. The highest BCUT2D eigenvalue weighted by Gasteiger charge is 2.23. The quantitative estimate of drug-likeness (QED) is 0.796. The number of esters is 1. The highest BCUT2D eigenvalue weighted by atomic mass is 19.1. The Morgan fingerprint density at radius 1 is 1.17 bits per heavy atom. The van der Waals surface area contributed by atoms with E-state index in [0.29, 0.717) is 5.56 Å². The lowest BCUT2D eigenvalue weighted by molar-refractivity contribution is 0.0104. The van der Waals surface area contributed by atoms with Crippen LogP contribution in [-0.4, -0.2) is 30.1 Å². The summed E-state index contributed by atoms with van der Waals surface area (Å²) in [6, 6.07) is 14.1. The number of halogens is 1. The second kappa shape index (κ2) is 7.58. The molecule has 1 heterocycles. The Morgan fingerprint density at radius 2 is 1.88 bits per heavy atom. The van der Waals surface area contributed by atoms with E-state index in [-0.39, 0.29) is 17.9 Å². The standard InChI is InChI=1S/C20H22FNO2/c1-15-5-7-17(8-6-15)20(23)24-19-9-11-22(12-10-19)14-16-3-2-4-18(21)13-16/h2-8,13,19H,9-12,14H2,1H3. The van der Waals surface area contributed by atoms with Crippen molar-refractivity contribution in [2.24, 2.45) is 0 Å². The van der Waals surface area contributed by atoms with Crippen molar-refractivity contribution in [1.29, 1.82) is 0 Å². The molecule has 1 saturated heterocycles. The average molecular weight is 327 g/mol. The van der Waals surface area contributed by atoms with Crippen LogP contribution in [0.4, 0.5) is 4.39 Å². The number of hydrogen-bond acceptors (Lipinski definition) is 3. The number of ether oxygens (including phenoxy) is 1. The molecule has 1 aliphatic rings. The molecule has 0 unspecified atom stereocenters. The molecule has 126 valence electrons. The third-order valence-corrected chi connectivity index (χ3v) is 4.39. The van der Waals surface area contributed by atoms with Gasteiger partial charge in [0.2, 0.25) is 0 Å². The van der Waals surface area contributed by atoms with Gasteiger partial charge in [-0.2, -0.15) is 0 Å². The van der Waals surface area contributed by atoms with Crippen molar-refractivity contribution >= 4 is 5.97 Å². The summed E-state index contributed by atoms with van der Waals surface area (Å²) in [7, 11) is 0. The van der Waals surface area contributed by atoms with Crippen LogP contribution in [0, 0.1) is 12.7 Å². The summed E-state index contributed by atoms with van der Waals surface area (Å²) >= 11 is 0. The van der Waals surface area contributed by atoms with Crippen LogP contribution in [0.15, 0.2) is 48.5 Å². The second-order valence-corrected chi connectivity index (χ2v) is 6.38. The molecular weight excluding hydrogens is 305 g/mol. The lowest BCUT2D eigenvalue weighted by Gasteiger charge is -2.31. The number of nitrogens with zero attached hydrogens (tertiary/aromatic N) is 1. The van der Waals surface area contributed by atoms with Crippen molar-refractivity contribution in [3.8, 4) is 0 Å². The van der Waals surface area contributed by atoms with E-state index in [1.54, 1.807) is 24.3 Å². The fourth-order valence-corrected chi connectivity index (χ4v) is 2.99. The van der Waals surface area contributed by atoms with Gasteiger partial charge in [0.15, 0.2) is 0 Å². The van der Waals surface area contributed by atoms with Crippen LogP contribution < -0.4 is 0 Å². The summed E-state index contributed by atoms with van der Waals surface area (Å²) in [5.41, 5.74) is 2.70. The molecule has 0 spiro atoms. The summed E-state index contributed by atoms with van der Waals surface area (Å²) in [4.78, 5) is 14.4. The SMILES string of the molecule is Cc1ccc(C(=O)OC2CCN(Cc3cccc(F)c3)CC2)cc1. The van der Waals surface area contributed by atoms with Crippen LogP contribution in [-0.2, 0) is 11.3 Å². The topological polar surface area (TPSA) is 29.5 Å². The summed E-state index contributed by atoms with van der Waals surface area (Å²) in [6.45, 7) is 4.42. The molecular formula is C20H22FNO2. The maximum atomic E-state index is 13.2. The Balaban J connectivity index is 1.48. The molecule has 0 N–H and O–H groups in total. The Kier molecular flexibility index (Phi) is 5.26. The van der Waals surface area contributed by atoms with E-state index in [0.717, 1.165) is 43.6 Å². The molecule has 24 heavy (non-hydrogen) atoms. The third kappa shape index (κ3) is 4.42. The van der Waals surface area contributed by atoms with E-state index in [9.17, 15) is 9.18 Å². The summed E-state index contributed by atoms with van der Waals surface area (Å²) in [5.74, 6) is -0.451. The van der Waals surface area contributed by atoms with Gasteiger partial charge < -0.3 is 4.74 Å². The molecule has 2 aromatic carbocycles. The number of hydrogen-bond donors (Lipinski definition) is 0. The van der Waals surface area contributed by atoms with Gasteiger partial charge in [-0.1, -0.05) is 29.8 Å². The zero-order valence-electron chi connectivity index (χ0n) is 13.9. The van der Waals surface area contributed by atoms with Crippen LogP contribution in [0.1, 0.15) is 34.3 Å². The molecule has 1 fully saturated rings. The lowest BCUT2D eigenvalue weighted by atomic mass is 10.1. The first-order valence-corrected chi connectivity index (χ1v) is 8.34. The van der Waals surface area contributed by atoms with E-state index in [1.807, 2.05) is 25.1 Å². The highest BCUT2D eigenvalue weighted by molar-refractivity contribution is 5.89. The van der Waals surface area contributed by atoms with Crippen molar-refractivity contribution in [1.82, 2.24) is 4.90 Å². The fourth-order valence-electron chi connectivity index (χ4n) is 2.99. The van der Waals surface area contributed by atoms with Gasteiger partial charge in [0.25, 0.3) is 0 Å². The van der Waals surface area contributed by atoms with Gasteiger partial charge in [0.05, 0.1) is 5.56 Å². The maximum absolute atomic E-state index is 13.2. The minimum atomic E-state index is -0.251. The van der Waals surface area contributed by atoms with E-state index < -0.39 is 0 Å². The molecule has 0 aromatic heterocycles.